The number of ether oxygens (including phenoxy) is 1. The van der Waals surface area contributed by atoms with Gasteiger partial charge in [0.2, 0.25) is 0 Å². The summed E-state index contributed by atoms with van der Waals surface area (Å²) in [6.45, 7) is 1.49. The first-order valence-electron chi connectivity index (χ1n) is 4.49. The van der Waals surface area contributed by atoms with E-state index < -0.39 is 0 Å². The van der Waals surface area contributed by atoms with E-state index in [2.05, 4.69) is 10.4 Å². The zero-order chi connectivity index (χ0) is 9.52. The molecule has 0 fully saturated rings. The van der Waals surface area contributed by atoms with Gasteiger partial charge in [-0.05, 0) is 19.4 Å². The van der Waals surface area contributed by atoms with Gasteiger partial charge in [-0.15, -0.1) is 11.3 Å². The van der Waals surface area contributed by atoms with E-state index >= 15 is 0 Å². The lowest BCUT2D eigenvalue weighted by Crippen LogP contribution is -2.00. The first-order chi connectivity index (χ1) is 6.36. The molecule has 0 aromatic carbocycles. The highest BCUT2D eigenvalue weighted by molar-refractivity contribution is 7.09. The number of hydrogen-bond acceptors (Lipinski definition) is 4. The number of nitrogens with zero attached hydrogens (tertiary/aromatic N) is 1. The van der Waals surface area contributed by atoms with Crippen LogP contribution in [0, 0.1) is 0 Å². The van der Waals surface area contributed by atoms with Gasteiger partial charge in [-0.25, -0.2) is 4.98 Å². The van der Waals surface area contributed by atoms with Gasteiger partial charge >= 0.3 is 0 Å². The Bertz CT molecular complexity index is 215. The Hall–Kier alpha value is -0.450. The second-order valence-electron chi connectivity index (χ2n) is 2.87. The SMILES string of the molecule is COCCc1nc(CCCN)cs1. The molecule has 0 radical (unpaired) electrons. The zero-order valence-electron chi connectivity index (χ0n) is 7.95. The largest absolute Gasteiger partial charge is 0.384 e. The van der Waals surface area contributed by atoms with Crippen LogP contribution in [0.5, 0.6) is 0 Å². The molecule has 1 heterocycles. The van der Waals surface area contributed by atoms with E-state index in [-0.39, 0.29) is 0 Å². The number of methoxy groups -OCH3 is 1. The third kappa shape index (κ3) is 3.85. The molecular formula is C9H16N2OS. The van der Waals surface area contributed by atoms with Gasteiger partial charge in [0.1, 0.15) is 0 Å². The molecule has 0 saturated heterocycles. The van der Waals surface area contributed by atoms with Gasteiger partial charge in [0.25, 0.3) is 0 Å². The normalized spacial score (nSPS) is 10.6. The Labute approximate surface area is 82.9 Å². The molecule has 0 unspecified atom stereocenters. The van der Waals surface area contributed by atoms with Gasteiger partial charge in [0.05, 0.1) is 17.3 Å². The number of nitrogens with two attached hydrogens (primary N) is 1. The fraction of sp³-hybridized carbons (Fsp3) is 0.667. The highest BCUT2D eigenvalue weighted by Crippen LogP contribution is 2.11. The van der Waals surface area contributed by atoms with Crippen LogP contribution in [0.2, 0.25) is 0 Å². The average Bonchev–Trinajstić information content (AvgIpc) is 2.59. The molecule has 4 heteroatoms. The predicted molar refractivity (Wildman–Crippen MR) is 55.1 cm³/mol. The van der Waals surface area contributed by atoms with Crippen LogP contribution in [0.1, 0.15) is 17.1 Å². The number of aromatic nitrogens is 1. The molecule has 0 saturated carbocycles. The lowest BCUT2D eigenvalue weighted by atomic mass is 10.2. The van der Waals surface area contributed by atoms with Gasteiger partial charge in [-0.1, -0.05) is 0 Å². The minimum absolute atomic E-state index is 0.741. The molecule has 0 aliphatic carbocycles. The summed E-state index contributed by atoms with van der Waals surface area (Å²) in [6, 6.07) is 0. The summed E-state index contributed by atoms with van der Waals surface area (Å²) in [4.78, 5) is 4.47. The molecule has 1 rings (SSSR count). The smallest absolute Gasteiger partial charge is 0.0951 e. The fourth-order valence-electron chi connectivity index (χ4n) is 1.05. The average molecular weight is 200 g/mol. The summed E-state index contributed by atoms with van der Waals surface area (Å²) in [6.07, 6.45) is 2.94. The summed E-state index contributed by atoms with van der Waals surface area (Å²) >= 11 is 1.71. The summed E-state index contributed by atoms with van der Waals surface area (Å²) in [5.41, 5.74) is 6.59. The molecule has 3 nitrogen and oxygen atoms in total. The molecule has 1 aromatic rings. The van der Waals surface area contributed by atoms with Gasteiger partial charge in [-0.2, -0.15) is 0 Å². The van der Waals surface area contributed by atoms with Crippen LogP contribution in [0.3, 0.4) is 0 Å². The van der Waals surface area contributed by atoms with Crippen molar-refractivity contribution in [2.75, 3.05) is 20.3 Å². The second kappa shape index (κ2) is 6.07. The third-order valence-corrected chi connectivity index (χ3v) is 2.71. The molecule has 13 heavy (non-hydrogen) atoms. The van der Waals surface area contributed by atoms with Crippen LogP contribution in [0.4, 0.5) is 0 Å². The summed E-state index contributed by atoms with van der Waals surface area (Å²) in [5, 5.41) is 3.27. The van der Waals surface area contributed by atoms with E-state index in [1.807, 2.05) is 0 Å². The van der Waals surface area contributed by atoms with Crippen LogP contribution < -0.4 is 5.73 Å². The van der Waals surface area contributed by atoms with Crippen molar-refractivity contribution in [2.45, 2.75) is 19.3 Å². The number of rotatable bonds is 6. The minimum atomic E-state index is 0.741. The maximum Gasteiger partial charge on any atom is 0.0951 e. The van der Waals surface area contributed by atoms with Gasteiger partial charge in [-0.3, -0.25) is 0 Å². The first-order valence-corrected chi connectivity index (χ1v) is 5.37. The topological polar surface area (TPSA) is 48.1 Å². The van der Waals surface area contributed by atoms with Crippen LogP contribution in [-0.2, 0) is 17.6 Å². The quantitative estimate of drug-likeness (QED) is 0.751. The van der Waals surface area contributed by atoms with Crippen molar-refractivity contribution in [3.8, 4) is 0 Å². The highest BCUT2D eigenvalue weighted by atomic mass is 32.1. The Morgan fingerprint density at radius 3 is 3.08 bits per heavy atom. The maximum absolute atomic E-state index is 5.42. The molecule has 0 aliphatic heterocycles. The predicted octanol–water partition coefficient (Wildman–Crippen LogP) is 1.22. The Kier molecular flexibility index (Phi) is 4.97. The fourth-order valence-corrected chi connectivity index (χ4v) is 1.86. The van der Waals surface area contributed by atoms with E-state index in [0.717, 1.165) is 37.4 Å². The maximum atomic E-state index is 5.42. The molecule has 0 aliphatic rings. The summed E-state index contributed by atoms with van der Waals surface area (Å²) in [7, 11) is 1.71. The first kappa shape index (κ1) is 10.6. The van der Waals surface area contributed by atoms with Crippen LogP contribution in [0.25, 0.3) is 0 Å². The molecule has 74 valence electrons. The van der Waals surface area contributed by atoms with Crippen molar-refractivity contribution in [3.05, 3.63) is 16.1 Å². The zero-order valence-corrected chi connectivity index (χ0v) is 8.77. The lowest BCUT2D eigenvalue weighted by molar-refractivity contribution is 0.202. The van der Waals surface area contributed by atoms with Crippen molar-refractivity contribution >= 4 is 11.3 Å². The van der Waals surface area contributed by atoms with Crippen molar-refractivity contribution in [1.82, 2.24) is 4.98 Å². The van der Waals surface area contributed by atoms with Gasteiger partial charge < -0.3 is 10.5 Å². The molecular weight excluding hydrogens is 184 g/mol. The Balaban J connectivity index is 2.34. The molecule has 0 atom stereocenters. The third-order valence-electron chi connectivity index (χ3n) is 1.76. The van der Waals surface area contributed by atoms with Crippen molar-refractivity contribution in [3.63, 3.8) is 0 Å². The molecule has 1 aromatic heterocycles. The molecule has 0 bridgehead atoms. The summed E-state index contributed by atoms with van der Waals surface area (Å²) in [5.74, 6) is 0. The van der Waals surface area contributed by atoms with E-state index in [9.17, 15) is 0 Å². The van der Waals surface area contributed by atoms with E-state index in [0.29, 0.717) is 0 Å². The monoisotopic (exact) mass is 200 g/mol. The van der Waals surface area contributed by atoms with Crippen LogP contribution >= 0.6 is 11.3 Å². The Morgan fingerprint density at radius 2 is 2.38 bits per heavy atom. The van der Waals surface area contributed by atoms with E-state index in [1.165, 1.54) is 5.69 Å². The standard InChI is InChI=1S/C9H16N2OS/c1-12-6-4-9-11-8(7-13-9)3-2-5-10/h7H,2-6,10H2,1H3. The number of aryl methyl sites for hydroxylation is 1. The number of hydrogen-bond donors (Lipinski definition) is 1. The number of thiazole rings is 1. The second-order valence-corrected chi connectivity index (χ2v) is 3.81. The molecule has 0 spiro atoms. The van der Waals surface area contributed by atoms with Crippen molar-refractivity contribution < 1.29 is 4.74 Å². The highest BCUT2D eigenvalue weighted by Gasteiger charge is 2.00. The minimum Gasteiger partial charge on any atom is -0.384 e. The van der Waals surface area contributed by atoms with E-state index in [1.54, 1.807) is 18.4 Å². The van der Waals surface area contributed by atoms with Gasteiger partial charge in [0.15, 0.2) is 0 Å². The van der Waals surface area contributed by atoms with Crippen LogP contribution in [0.15, 0.2) is 5.38 Å². The van der Waals surface area contributed by atoms with Crippen molar-refractivity contribution in [1.29, 1.82) is 0 Å². The lowest BCUT2D eigenvalue weighted by Gasteiger charge is -1.94. The molecule has 2 N–H and O–H groups in total. The van der Waals surface area contributed by atoms with Gasteiger partial charge in [0, 0.05) is 18.9 Å². The Morgan fingerprint density at radius 1 is 1.54 bits per heavy atom. The van der Waals surface area contributed by atoms with Crippen molar-refractivity contribution in [2.24, 2.45) is 5.73 Å². The summed E-state index contributed by atoms with van der Waals surface area (Å²) < 4.78 is 4.98. The van der Waals surface area contributed by atoms with E-state index in [4.69, 9.17) is 10.5 Å². The molecule has 0 amide bonds. The van der Waals surface area contributed by atoms with Crippen LogP contribution in [-0.4, -0.2) is 25.2 Å².